The van der Waals surface area contributed by atoms with Crippen molar-refractivity contribution in [1.29, 1.82) is 0 Å². The molecular formula is C29H34N2O5. The Kier molecular flexibility index (Phi) is 8.31. The monoisotopic (exact) mass is 490 g/mol. The fourth-order valence-electron chi connectivity index (χ4n) is 4.23. The van der Waals surface area contributed by atoms with Gasteiger partial charge in [-0.25, -0.2) is 0 Å². The fourth-order valence-corrected chi connectivity index (χ4v) is 4.23. The molecule has 1 heterocycles. The maximum Gasteiger partial charge on any atom is 0.254 e. The number of carbonyl (C=O) groups is 2. The summed E-state index contributed by atoms with van der Waals surface area (Å²) in [5, 5.41) is 0. The van der Waals surface area contributed by atoms with Crippen LogP contribution in [0, 0.1) is 0 Å². The number of carbonyl (C=O) groups excluding carboxylic acids is 2. The molecule has 0 radical (unpaired) electrons. The molecule has 0 spiro atoms. The van der Waals surface area contributed by atoms with Gasteiger partial charge in [0, 0.05) is 18.2 Å². The van der Waals surface area contributed by atoms with E-state index in [9.17, 15) is 9.59 Å². The maximum atomic E-state index is 13.5. The molecule has 7 heteroatoms. The lowest BCUT2D eigenvalue weighted by atomic mass is 10.1. The molecule has 0 N–H and O–H groups in total. The third-order valence-corrected chi connectivity index (χ3v) is 6.56. The van der Waals surface area contributed by atoms with E-state index in [1.807, 2.05) is 54.6 Å². The number of hydrogen-bond acceptors (Lipinski definition) is 5. The minimum Gasteiger partial charge on any atom is -0.493 e. The average Bonchev–Trinajstić information content (AvgIpc) is 3.63. The highest BCUT2D eigenvalue weighted by atomic mass is 16.5. The van der Waals surface area contributed by atoms with Crippen molar-refractivity contribution in [2.75, 3.05) is 27.3 Å². The van der Waals surface area contributed by atoms with Crippen molar-refractivity contribution < 1.29 is 23.5 Å². The summed E-state index contributed by atoms with van der Waals surface area (Å²) in [5.74, 6) is 1.83. The number of aryl methyl sites for hydroxylation is 1. The van der Waals surface area contributed by atoms with E-state index in [0.29, 0.717) is 42.3 Å². The molecule has 0 atom stereocenters. The highest BCUT2D eigenvalue weighted by Gasteiger charge is 2.35. The molecule has 1 aliphatic rings. The number of nitrogens with zero attached hydrogens (tertiary/aromatic N) is 2. The van der Waals surface area contributed by atoms with Crippen molar-refractivity contribution in [2.45, 2.75) is 45.2 Å². The minimum absolute atomic E-state index is 0.0473. The van der Waals surface area contributed by atoms with E-state index >= 15 is 0 Å². The van der Waals surface area contributed by atoms with Gasteiger partial charge in [-0.2, -0.15) is 0 Å². The van der Waals surface area contributed by atoms with Crippen LogP contribution in [-0.4, -0.2) is 55.0 Å². The number of ether oxygens (including phenoxy) is 2. The van der Waals surface area contributed by atoms with Crippen LogP contribution >= 0.6 is 0 Å². The highest BCUT2D eigenvalue weighted by molar-refractivity contribution is 5.97. The van der Waals surface area contributed by atoms with Crippen LogP contribution in [0.5, 0.6) is 11.5 Å². The smallest absolute Gasteiger partial charge is 0.254 e. The number of methoxy groups -OCH3 is 2. The van der Waals surface area contributed by atoms with Crippen molar-refractivity contribution in [3.63, 3.8) is 0 Å². The minimum atomic E-state index is -0.0997. The molecule has 2 amide bonds. The maximum absolute atomic E-state index is 13.5. The quantitative estimate of drug-likeness (QED) is 0.367. The van der Waals surface area contributed by atoms with Crippen molar-refractivity contribution >= 4 is 11.8 Å². The largest absolute Gasteiger partial charge is 0.493 e. The molecule has 0 aliphatic heterocycles. The molecule has 3 aromatic rings. The van der Waals surface area contributed by atoms with Crippen LogP contribution in [-0.2, 0) is 24.2 Å². The standard InChI is InChI=1S/C29H34N2O5/c1-4-21-7-10-23(11-8-21)29(33)31(24-12-13-24)20-28(32)30(19-25-6-5-17-36-25)16-15-22-9-14-26(34-2)27(18-22)35-3/h5-11,14,17-18,24H,4,12-13,15-16,19-20H2,1-3H3. The fraction of sp³-hybridized carbons (Fsp3) is 0.379. The van der Waals surface area contributed by atoms with Crippen LogP contribution in [0.4, 0.5) is 0 Å². The molecule has 7 nitrogen and oxygen atoms in total. The summed E-state index contributed by atoms with van der Waals surface area (Å²) in [6, 6.07) is 17.2. The molecule has 0 saturated heterocycles. The number of amides is 2. The van der Waals surface area contributed by atoms with Crippen LogP contribution in [0.2, 0.25) is 0 Å². The van der Waals surface area contributed by atoms with Gasteiger partial charge in [-0.1, -0.05) is 25.1 Å². The second-order valence-corrected chi connectivity index (χ2v) is 9.05. The topological polar surface area (TPSA) is 72.2 Å². The summed E-state index contributed by atoms with van der Waals surface area (Å²) in [6.45, 7) is 2.96. The molecule has 1 fully saturated rings. The lowest BCUT2D eigenvalue weighted by Crippen LogP contribution is -2.44. The lowest BCUT2D eigenvalue weighted by Gasteiger charge is -2.27. The first-order valence-electron chi connectivity index (χ1n) is 12.4. The van der Waals surface area contributed by atoms with E-state index in [1.165, 1.54) is 5.56 Å². The number of furan rings is 1. The Balaban J connectivity index is 1.48. The van der Waals surface area contributed by atoms with Gasteiger partial charge in [0.05, 0.1) is 27.0 Å². The van der Waals surface area contributed by atoms with Gasteiger partial charge >= 0.3 is 0 Å². The van der Waals surface area contributed by atoms with Gasteiger partial charge in [0.25, 0.3) is 5.91 Å². The van der Waals surface area contributed by atoms with Crippen LogP contribution in [0.1, 0.15) is 47.0 Å². The molecule has 190 valence electrons. The second-order valence-electron chi connectivity index (χ2n) is 9.05. The second kappa shape index (κ2) is 11.8. The highest BCUT2D eigenvalue weighted by Crippen LogP contribution is 2.29. The molecule has 0 bridgehead atoms. The zero-order valence-electron chi connectivity index (χ0n) is 21.2. The van der Waals surface area contributed by atoms with E-state index in [-0.39, 0.29) is 24.4 Å². The van der Waals surface area contributed by atoms with E-state index < -0.39 is 0 Å². The van der Waals surface area contributed by atoms with Gasteiger partial charge in [0.15, 0.2) is 11.5 Å². The Labute approximate surface area is 212 Å². The van der Waals surface area contributed by atoms with Crippen molar-refractivity contribution in [3.8, 4) is 11.5 Å². The zero-order chi connectivity index (χ0) is 25.5. The van der Waals surface area contributed by atoms with Crippen molar-refractivity contribution in [3.05, 3.63) is 83.3 Å². The van der Waals surface area contributed by atoms with Crippen molar-refractivity contribution in [2.24, 2.45) is 0 Å². The van der Waals surface area contributed by atoms with Crippen molar-refractivity contribution in [1.82, 2.24) is 9.80 Å². The third-order valence-electron chi connectivity index (χ3n) is 6.56. The molecule has 4 rings (SSSR count). The first-order chi connectivity index (χ1) is 17.5. The normalized spacial score (nSPS) is 12.8. The molecule has 1 aliphatic carbocycles. The lowest BCUT2D eigenvalue weighted by molar-refractivity contribution is -0.132. The Morgan fingerprint density at radius 1 is 0.972 bits per heavy atom. The van der Waals surface area contributed by atoms with Gasteiger partial charge in [-0.15, -0.1) is 0 Å². The summed E-state index contributed by atoms with van der Waals surface area (Å²) in [5.41, 5.74) is 2.83. The summed E-state index contributed by atoms with van der Waals surface area (Å²) in [6.07, 6.45) is 5.00. The predicted octanol–water partition coefficient (Wildman–Crippen LogP) is 4.74. The summed E-state index contributed by atoms with van der Waals surface area (Å²) in [7, 11) is 3.21. The predicted molar refractivity (Wildman–Crippen MR) is 137 cm³/mol. The Hall–Kier alpha value is -3.74. The van der Waals surface area contributed by atoms with E-state index in [2.05, 4.69) is 6.92 Å². The molecule has 2 aromatic carbocycles. The van der Waals surface area contributed by atoms with Gasteiger partial charge < -0.3 is 23.7 Å². The van der Waals surface area contributed by atoms with Crippen LogP contribution < -0.4 is 9.47 Å². The molecule has 0 unspecified atom stereocenters. The number of rotatable bonds is 12. The summed E-state index contributed by atoms with van der Waals surface area (Å²) in [4.78, 5) is 30.4. The Bertz CT molecular complexity index is 1150. The Morgan fingerprint density at radius 3 is 2.31 bits per heavy atom. The SMILES string of the molecule is CCc1ccc(C(=O)N(CC(=O)N(CCc2ccc(OC)c(OC)c2)Cc2ccco2)C2CC2)cc1. The van der Waals surface area contributed by atoms with Gasteiger partial charge in [-0.05, 0) is 73.2 Å². The average molecular weight is 491 g/mol. The molecule has 36 heavy (non-hydrogen) atoms. The van der Waals surface area contributed by atoms with E-state index in [4.69, 9.17) is 13.9 Å². The first kappa shape index (κ1) is 25.4. The summed E-state index contributed by atoms with van der Waals surface area (Å²) >= 11 is 0. The van der Waals surface area contributed by atoms with Gasteiger partial charge in [-0.3, -0.25) is 9.59 Å². The number of benzene rings is 2. The van der Waals surface area contributed by atoms with E-state index in [1.54, 1.807) is 30.3 Å². The summed E-state index contributed by atoms with van der Waals surface area (Å²) < 4.78 is 16.3. The molecule has 1 saturated carbocycles. The molecule has 1 aromatic heterocycles. The van der Waals surface area contributed by atoms with Crippen LogP contribution in [0.3, 0.4) is 0 Å². The molecular weight excluding hydrogens is 456 g/mol. The van der Waals surface area contributed by atoms with Crippen LogP contribution in [0.25, 0.3) is 0 Å². The number of hydrogen-bond donors (Lipinski definition) is 0. The van der Waals surface area contributed by atoms with Crippen LogP contribution in [0.15, 0.2) is 65.3 Å². The Morgan fingerprint density at radius 2 is 1.69 bits per heavy atom. The van der Waals surface area contributed by atoms with Gasteiger partial charge in [0.1, 0.15) is 12.3 Å². The van der Waals surface area contributed by atoms with E-state index in [0.717, 1.165) is 24.8 Å². The third kappa shape index (κ3) is 6.27. The first-order valence-corrected chi connectivity index (χ1v) is 12.4. The van der Waals surface area contributed by atoms with Gasteiger partial charge in [0.2, 0.25) is 5.91 Å². The zero-order valence-corrected chi connectivity index (χ0v) is 21.2.